The van der Waals surface area contributed by atoms with Gasteiger partial charge in [0.2, 0.25) is 10.0 Å². The molecular formula is C12H26N2O3S. The van der Waals surface area contributed by atoms with Gasteiger partial charge >= 0.3 is 0 Å². The largest absolute Gasteiger partial charge is 0.385 e. The van der Waals surface area contributed by atoms with E-state index in [9.17, 15) is 8.42 Å². The molecule has 5 nitrogen and oxygen atoms in total. The average molecular weight is 278 g/mol. The molecule has 1 N–H and O–H groups in total. The zero-order valence-corrected chi connectivity index (χ0v) is 12.3. The summed E-state index contributed by atoms with van der Waals surface area (Å²) in [5.74, 6) is 0. The Morgan fingerprint density at radius 2 is 1.94 bits per heavy atom. The molecule has 1 saturated heterocycles. The monoisotopic (exact) mass is 278 g/mol. The Morgan fingerprint density at radius 1 is 1.28 bits per heavy atom. The van der Waals surface area contributed by atoms with Crippen molar-refractivity contribution in [2.75, 3.05) is 39.9 Å². The second-order valence-electron chi connectivity index (χ2n) is 4.93. The summed E-state index contributed by atoms with van der Waals surface area (Å²) in [6.07, 6.45) is 4.31. The fourth-order valence-corrected chi connectivity index (χ4v) is 3.18. The van der Waals surface area contributed by atoms with Crippen LogP contribution in [-0.4, -0.2) is 58.5 Å². The van der Waals surface area contributed by atoms with E-state index in [2.05, 4.69) is 9.62 Å². The molecule has 0 amide bonds. The lowest BCUT2D eigenvalue weighted by Gasteiger charge is -2.26. The molecule has 1 rings (SSSR count). The lowest BCUT2D eigenvalue weighted by molar-refractivity contribution is 0.194. The van der Waals surface area contributed by atoms with Crippen molar-refractivity contribution in [3.8, 4) is 0 Å². The highest BCUT2D eigenvalue weighted by molar-refractivity contribution is 7.90. The molecule has 1 aliphatic rings. The summed E-state index contributed by atoms with van der Waals surface area (Å²) in [5, 5.41) is -0.390. The average Bonchev–Trinajstić information content (AvgIpc) is 2.37. The third kappa shape index (κ3) is 5.65. The first-order valence-corrected chi connectivity index (χ1v) is 8.30. The number of nitrogens with zero attached hydrogens (tertiary/aromatic N) is 1. The van der Waals surface area contributed by atoms with Crippen LogP contribution in [0.25, 0.3) is 0 Å². The Morgan fingerprint density at radius 3 is 2.56 bits per heavy atom. The van der Waals surface area contributed by atoms with Gasteiger partial charge in [-0.2, -0.15) is 0 Å². The molecule has 1 heterocycles. The summed E-state index contributed by atoms with van der Waals surface area (Å²) in [7, 11) is -1.60. The standard InChI is InChI=1S/C12H26N2O3S/c1-12(6-11-17-2)18(15,16)13-7-10-14-8-4-3-5-9-14/h12-13H,3-11H2,1-2H3. The number of ether oxygens (including phenoxy) is 1. The van der Waals surface area contributed by atoms with Crippen molar-refractivity contribution < 1.29 is 13.2 Å². The summed E-state index contributed by atoms with van der Waals surface area (Å²) < 4.78 is 31.4. The van der Waals surface area contributed by atoms with Crippen LogP contribution >= 0.6 is 0 Å². The molecule has 1 unspecified atom stereocenters. The van der Waals surface area contributed by atoms with E-state index in [1.54, 1.807) is 14.0 Å². The van der Waals surface area contributed by atoms with E-state index in [-0.39, 0.29) is 5.25 Å². The molecule has 0 spiro atoms. The number of hydrogen-bond donors (Lipinski definition) is 1. The highest BCUT2D eigenvalue weighted by Gasteiger charge is 2.20. The molecule has 0 aromatic carbocycles. The molecule has 0 aliphatic carbocycles. The number of rotatable bonds is 8. The second kappa shape index (κ2) is 8.09. The van der Waals surface area contributed by atoms with Crippen LogP contribution in [0.5, 0.6) is 0 Å². The number of methoxy groups -OCH3 is 1. The first-order chi connectivity index (χ1) is 8.56. The van der Waals surface area contributed by atoms with Crippen LogP contribution in [-0.2, 0) is 14.8 Å². The van der Waals surface area contributed by atoms with Gasteiger partial charge in [0.1, 0.15) is 0 Å². The molecule has 18 heavy (non-hydrogen) atoms. The van der Waals surface area contributed by atoms with Crippen LogP contribution in [0.15, 0.2) is 0 Å². The van der Waals surface area contributed by atoms with Crippen molar-refractivity contribution in [2.45, 2.75) is 37.9 Å². The van der Waals surface area contributed by atoms with Gasteiger partial charge in [-0.05, 0) is 39.3 Å². The van der Waals surface area contributed by atoms with Crippen molar-refractivity contribution in [1.29, 1.82) is 0 Å². The molecule has 6 heteroatoms. The third-order valence-electron chi connectivity index (χ3n) is 3.44. The Hall–Kier alpha value is -0.170. The summed E-state index contributed by atoms with van der Waals surface area (Å²) in [4.78, 5) is 2.33. The van der Waals surface area contributed by atoms with E-state index >= 15 is 0 Å². The normalized spacial score (nSPS) is 19.9. The van der Waals surface area contributed by atoms with E-state index in [0.29, 0.717) is 19.6 Å². The fourth-order valence-electron chi connectivity index (χ4n) is 2.11. The maximum atomic E-state index is 11.9. The molecule has 0 aromatic rings. The van der Waals surface area contributed by atoms with Gasteiger partial charge in [0.05, 0.1) is 5.25 Å². The van der Waals surface area contributed by atoms with Gasteiger partial charge in [0.25, 0.3) is 0 Å². The van der Waals surface area contributed by atoms with Gasteiger partial charge in [-0.25, -0.2) is 13.1 Å². The fraction of sp³-hybridized carbons (Fsp3) is 1.00. The summed E-state index contributed by atoms with van der Waals surface area (Å²) in [6, 6.07) is 0. The smallest absolute Gasteiger partial charge is 0.214 e. The van der Waals surface area contributed by atoms with E-state index in [4.69, 9.17) is 4.74 Å². The zero-order valence-electron chi connectivity index (χ0n) is 11.5. The first kappa shape index (κ1) is 15.9. The van der Waals surface area contributed by atoms with Crippen molar-refractivity contribution in [3.63, 3.8) is 0 Å². The van der Waals surface area contributed by atoms with Gasteiger partial charge in [0, 0.05) is 26.8 Å². The summed E-state index contributed by atoms with van der Waals surface area (Å²) in [5.41, 5.74) is 0. The lowest BCUT2D eigenvalue weighted by atomic mass is 10.1. The Bertz CT molecular complexity index is 313. The number of likely N-dealkylation sites (tertiary alicyclic amines) is 1. The predicted molar refractivity (Wildman–Crippen MR) is 73.2 cm³/mol. The molecule has 0 aromatic heterocycles. The SMILES string of the molecule is COCCC(C)S(=O)(=O)NCCN1CCCCC1. The summed E-state index contributed by atoms with van der Waals surface area (Å²) >= 11 is 0. The van der Waals surface area contributed by atoms with Crippen LogP contribution in [0.1, 0.15) is 32.6 Å². The maximum absolute atomic E-state index is 11.9. The molecule has 108 valence electrons. The van der Waals surface area contributed by atoms with Crippen LogP contribution in [0.3, 0.4) is 0 Å². The molecule has 1 fully saturated rings. The van der Waals surface area contributed by atoms with E-state index in [0.717, 1.165) is 19.6 Å². The Kier molecular flexibility index (Phi) is 7.14. The van der Waals surface area contributed by atoms with Crippen LogP contribution in [0.4, 0.5) is 0 Å². The highest BCUT2D eigenvalue weighted by atomic mass is 32.2. The Balaban J connectivity index is 2.23. The predicted octanol–water partition coefficient (Wildman–Crippen LogP) is 0.817. The van der Waals surface area contributed by atoms with Gasteiger partial charge < -0.3 is 9.64 Å². The number of nitrogens with one attached hydrogen (secondary N) is 1. The summed E-state index contributed by atoms with van der Waals surface area (Å²) in [6.45, 7) is 5.73. The van der Waals surface area contributed by atoms with Crippen molar-refractivity contribution >= 4 is 10.0 Å². The molecule has 0 bridgehead atoms. The molecular weight excluding hydrogens is 252 g/mol. The molecule has 1 aliphatic heterocycles. The zero-order chi connectivity index (χ0) is 13.4. The first-order valence-electron chi connectivity index (χ1n) is 6.76. The molecule has 0 radical (unpaired) electrons. The van der Waals surface area contributed by atoms with Crippen molar-refractivity contribution in [1.82, 2.24) is 9.62 Å². The number of hydrogen-bond acceptors (Lipinski definition) is 4. The lowest BCUT2D eigenvalue weighted by Crippen LogP contribution is -2.40. The molecule has 0 saturated carbocycles. The maximum Gasteiger partial charge on any atom is 0.214 e. The quantitative estimate of drug-likeness (QED) is 0.714. The minimum Gasteiger partial charge on any atom is -0.385 e. The van der Waals surface area contributed by atoms with E-state index in [1.165, 1.54) is 19.3 Å². The van der Waals surface area contributed by atoms with Gasteiger partial charge in [0.15, 0.2) is 0 Å². The van der Waals surface area contributed by atoms with Gasteiger partial charge in [-0.3, -0.25) is 0 Å². The highest BCUT2D eigenvalue weighted by Crippen LogP contribution is 2.08. The van der Waals surface area contributed by atoms with E-state index < -0.39 is 10.0 Å². The number of piperidine rings is 1. The van der Waals surface area contributed by atoms with Gasteiger partial charge in [-0.1, -0.05) is 6.42 Å². The topological polar surface area (TPSA) is 58.6 Å². The minimum atomic E-state index is -3.19. The molecule has 1 atom stereocenters. The number of sulfonamides is 1. The second-order valence-corrected chi connectivity index (χ2v) is 7.12. The van der Waals surface area contributed by atoms with Crippen molar-refractivity contribution in [2.24, 2.45) is 0 Å². The van der Waals surface area contributed by atoms with Crippen molar-refractivity contribution in [3.05, 3.63) is 0 Å². The van der Waals surface area contributed by atoms with E-state index in [1.807, 2.05) is 0 Å². The van der Waals surface area contributed by atoms with Crippen LogP contribution in [0.2, 0.25) is 0 Å². The van der Waals surface area contributed by atoms with Crippen LogP contribution in [0, 0.1) is 0 Å². The Labute approximate surface area is 111 Å². The van der Waals surface area contributed by atoms with Gasteiger partial charge in [-0.15, -0.1) is 0 Å². The third-order valence-corrected chi connectivity index (χ3v) is 5.34. The minimum absolute atomic E-state index is 0.390. The van der Waals surface area contributed by atoms with Crippen LogP contribution < -0.4 is 4.72 Å².